The maximum absolute atomic E-state index is 10.2. The quantitative estimate of drug-likeness (QED) is 0.468. The maximum atomic E-state index is 10.2. The predicted octanol–water partition coefficient (Wildman–Crippen LogP) is 0.156. The minimum atomic E-state index is -4.58. The second kappa shape index (κ2) is 3.11. The van der Waals surface area contributed by atoms with E-state index in [1.807, 2.05) is 0 Å². The molecule has 0 amide bonds. The Morgan fingerprint density at radius 2 is 1.92 bits per heavy atom. The van der Waals surface area contributed by atoms with Gasteiger partial charge in [-0.15, -0.1) is 0 Å². The summed E-state index contributed by atoms with van der Waals surface area (Å²) in [6.07, 6.45) is 0. The Labute approximate surface area is 74.5 Å². The number of phenols is 1. The van der Waals surface area contributed by atoms with Crippen LogP contribution in [0, 0.1) is 0 Å². The van der Waals surface area contributed by atoms with Crippen LogP contribution in [0.15, 0.2) is 18.2 Å². The van der Waals surface area contributed by atoms with E-state index in [1.165, 1.54) is 6.07 Å². The van der Waals surface area contributed by atoms with Crippen molar-refractivity contribution in [2.24, 2.45) is 0 Å². The molecule has 0 saturated heterocycles. The minimum Gasteiger partial charge on any atom is -0.508 e. The molecule has 0 aliphatic rings. The number of benzene rings is 1. The van der Waals surface area contributed by atoms with Crippen LogP contribution in [-0.4, -0.2) is 18.1 Å². The van der Waals surface area contributed by atoms with Crippen LogP contribution in [0.2, 0.25) is 0 Å². The Morgan fingerprint density at radius 1 is 1.31 bits per heavy atom. The van der Waals surface area contributed by atoms with Crippen molar-refractivity contribution in [3.05, 3.63) is 18.2 Å². The van der Waals surface area contributed by atoms with Crippen molar-refractivity contribution in [3.63, 3.8) is 0 Å². The Hall–Kier alpha value is -1.47. The SMILES string of the molecule is Nc1cc(O)cc(OS(=O)(=O)O)c1. The van der Waals surface area contributed by atoms with E-state index in [9.17, 15) is 8.42 Å². The van der Waals surface area contributed by atoms with Gasteiger partial charge in [-0.2, -0.15) is 8.42 Å². The van der Waals surface area contributed by atoms with Crippen molar-refractivity contribution in [2.45, 2.75) is 0 Å². The van der Waals surface area contributed by atoms with E-state index in [1.54, 1.807) is 0 Å². The summed E-state index contributed by atoms with van der Waals surface area (Å²) in [5.74, 6) is -0.501. The van der Waals surface area contributed by atoms with E-state index in [4.69, 9.17) is 15.4 Å². The number of hydrogen-bond donors (Lipinski definition) is 3. The molecule has 0 unspecified atom stereocenters. The smallest absolute Gasteiger partial charge is 0.446 e. The molecule has 13 heavy (non-hydrogen) atoms. The van der Waals surface area contributed by atoms with Gasteiger partial charge >= 0.3 is 10.4 Å². The van der Waals surface area contributed by atoms with E-state index in [0.717, 1.165) is 12.1 Å². The lowest BCUT2D eigenvalue weighted by Gasteiger charge is -2.02. The van der Waals surface area contributed by atoms with Gasteiger partial charge < -0.3 is 15.0 Å². The van der Waals surface area contributed by atoms with Gasteiger partial charge in [-0.05, 0) is 0 Å². The summed E-state index contributed by atoms with van der Waals surface area (Å²) in [6.45, 7) is 0. The van der Waals surface area contributed by atoms with Crippen molar-refractivity contribution in [1.82, 2.24) is 0 Å². The van der Waals surface area contributed by atoms with Gasteiger partial charge in [0.1, 0.15) is 5.75 Å². The van der Waals surface area contributed by atoms with Crippen LogP contribution in [-0.2, 0) is 10.4 Å². The summed E-state index contributed by atoms with van der Waals surface area (Å²) in [5, 5.41) is 8.95. The van der Waals surface area contributed by atoms with Gasteiger partial charge in [-0.25, -0.2) is 0 Å². The first kappa shape index (κ1) is 9.62. The Kier molecular flexibility index (Phi) is 2.30. The van der Waals surface area contributed by atoms with Gasteiger partial charge in [0.25, 0.3) is 0 Å². The van der Waals surface area contributed by atoms with E-state index in [2.05, 4.69) is 4.18 Å². The molecule has 0 aliphatic heterocycles. The number of hydrogen-bond acceptors (Lipinski definition) is 5. The van der Waals surface area contributed by atoms with E-state index < -0.39 is 10.4 Å². The van der Waals surface area contributed by atoms with Crippen molar-refractivity contribution < 1.29 is 22.3 Å². The van der Waals surface area contributed by atoms with Gasteiger partial charge in [-0.3, -0.25) is 4.55 Å². The first-order valence-corrected chi connectivity index (χ1v) is 4.50. The molecule has 0 bridgehead atoms. The highest BCUT2D eigenvalue weighted by Crippen LogP contribution is 2.23. The Bertz CT molecular complexity index is 393. The van der Waals surface area contributed by atoms with E-state index in [-0.39, 0.29) is 17.2 Å². The summed E-state index contributed by atoms with van der Waals surface area (Å²) < 4.78 is 32.8. The summed E-state index contributed by atoms with van der Waals surface area (Å²) in [6, 6.07) is 3.36. The van der Waals surface area contributed by atoms with Crippen molar-refractivity contribution in [3.8, 4) is 11.5 Å². The molecular weight excluding hydrogens is 198 g/mol. The molecular formula is C6H7NO5S. The lowest BCUT2D eigenvalue weighted by Crippen LogP contribution is -2.06. The van der Waals surface area contributed by atoms with Crippen molar-refractivity contribution in [1.29, 1.82) is 0 Å². The first-order valence-electron chi connectivity index (χ1n) is 3.13. The van der Waals surface area contributed by atoms with Gasteiger partial charge in [-0.1, -0.05) is 0 Å². The normalized spacial score (nSPS) is 11.2. The molecule has 72 valence electrons. The van der Waals surface area contributed by atoms with Crippen LogP contribution in [0.25, 0.3) is 0 Å². The van der Waals surface area contributed by atoms with Crippen molar-refractivity contribution >= 4 is 16.1 Å². The highest BCUT2D eigenvalue weighted by molar-refractivity contribution is 7.81. The molecule has 1 aromatic rings. The lowest BCUT2D eigenvalue weighted by atomic mass is 10.3. The third kappa shape index (κ3) is 3.18. The second-order valence-corrected chi connectivity index (χ2v) is 3.29. The highest BCUT2D eigenvalue weighted by Gasteiger charge is 2.07. The lowest BCUT2D eigenvalue weighted by molar-refractivity contribution is 0.385. The summed E-state index contributed by atoms with van der Waals surface area (Å²) in [7, 11) is -4.58. The number of phenolic OH excluding ortho intramolecular Hbond substituents is 1. The Balaban J connectivity index is 3.03. The van der Waals surface area contributed by atoms with Crippen LogP contribution < -0.4 is 9.92 Å². The van der Waals surface area contributed by atoms with E-state index >= 15 is 0 Å². The van der Waals surface area contributed by atoms with Gasteiger partial charge in [0.15, 0.2) is 5.75 Å². The molecule has 6 nitrogen and oxygen atoms in total. The fraction of sp³-hybridized carbons (Fsp3) is 0. The zero-order valence-corrected chi connectivity index (χ0v) is 7.15. The number of aromatic hydroxyl groups is 1. The fourth-order valence-corrected chi connectivity index (χ4v) is 1.11. The molecule has 0 spiro atoms. The zero-order chi connectivity index (χ0) is 10.1. The third-order valence-electron chi connectivity index (χ3n) is 1.12. The van der Waals surface area contributed by atoms with Gasteiger partial charge in [0.05, 0.1) is 0 Å². The van der Waals surface area contributed by atoms with Crippen LogP contribution in [0.5, 0.6) is 11.5 Å². The number of nitrogens with two attached hydrogens (primary N) is 1. The molecule has 1 rings (SSSR count). The number of anilines is 1. The minimum absolute atomic E-state index is 0.124. The third-order valence-corrected chi connectivity index (χ3v) is 1.52. The maximum Gasteiger partial charge on any atom is 0.446 e. The molecule has 0 atom stereocenters. The van der Waals surface area contributed by atoms with Crippen molar-refractivity contribution in [2.75, 3.05) is 5.73 Å². The van der Waals surface area contributed by atoms with Crippen LogP contribution in [0.1, 0.15) is 0 Å². The van der Waals surface area contributed by atoms with Crippen LogP contribution >= 0.6 is 0 Å². The van der Waals surface area contributed by atoms with Crippen LogP contribution in [0.4, 0.5) is 5.69 Å². The molecule has 4 N–H and O–H groups in total. The zero-order valence-electron chi connectivity index (χ0n) is 6.34. The monoisotopic (exact) mass is 205 g/mol. The average Bonchev–Trinajstić information content (AvgIpc) is 1.78. The average molecular weight is 205 g/mol. The topological polar surface area (TPSA) is 110 Å². The molecule has 0 heterocycles. The molecule has 7 heteroatoms. The standard InChI is InChI=1S/C6H7NO5S/c7-4-1-5(8)3-6(2-4)12-13(9,10)11/h1-3,8H,7H2,(H,9,10,11). The molecule has 0 saturated carbocycles. The summed E-state index contributed by atoms with van der Waals surface area (Å²) in [4.78, 5) is 0. The van der Waals surface area contributed by atoms with Gasteiger partial charge in [0.2, 0.25) is 0 Å². The Morgan fingerprint density at radius 3 is 2.38 bits per heavy atom. The predicted molar refractivity (Wildman–Crippen MR) is 44.7 cm³/mol. The van der Waals surface area contributed by atoms with Gasteiger partial charge in [0, 0.05) is 23.9 Å². The molecule has 1 aromatic carbocycles. The molecule has 0 aliphatic carbocycles. The number of rotatable bonds is 2. The largest absolute Gasteiger partial charge is 0.508 e. The second-order valence-electron chi connectivity index (χ2n) is 2.27. The molecule has 0 aromatic heterocycles. The van der Waals surface area contributed by atoms with Crippen LogP contribution in [0.3, 0.4) is 0 Å². The molecule has 0 fully saturated rings. The summed E-state index contributed by atoms with van der Waals surface area (Å²) >= 11 is 0. The first-order chi connectivity index (χ1) is 5.87. The number of nitrogen functional groups attached to an aromatic ring is 1. The summed E-state index contributed by atoms with van der Waals surface area (Å²) in [5.41, 5.74) is 5.39. The molecule has 0 radical (unpaired) electrons. The fourth-order valence-electron chi connectivity index (χ4n) is 0.775. The van der Waals surface area contributed by atoms with E-state index in [0.29, 0.717) is 0 Å². The highest BCUT2D eigenvalue weighted by atomic mass is 32.3.